The van der Waals surface area contributed by atoms with Gasteiger partial charge in [0.15, 0.2) is 6.61 Å². The third-order valence-corrected chi connectivity index (χ3v) is 4.01. The molecule has 6 nitrogen and oxygen atoms in total. The number of benzene rings is 2. The lowest BCUT2D eigenvalue weighted by molar-refractivity contribution is -0.123. The van der Waals surface area contributed by atoms with Gasteiger partial charge in [0.25, 0.3) is 5.91 Å². The van der Waals surface area contributed by atoms with Gasteiger partial charge in [0, 0.05) is 23.8 Å². The van der Waals surface area contributed by atoms with Gasteiger partial charge in [-0.2, -0.15) is 10.4 Å². The van der Waals surface area contributed by atoms with Crippen LogP contribution in [0.1, 0.15) is 12.0 Å². The topological polar surface area (TPSA) is 77.7 Å². The van der Waals surface area contributed by atoms with Gasteiger partial charge in [-0.1, -0.05) is 28.1 Å². The lowest BCUT2D eigenvalue weighted by Crippen LogP contribution is -2.24. The molecule has 2 aromatic rings. The van der Waals surface area contributed by atoms with Crippen molar-refractivity contribution in [3.05, 3.63) is 58.6 Å². The molecule has 0 fully saturated rings. The summed E-state index contributed by atoms with van der Waals surface area (Å²) < 4.78 is 6.31. The van der Waals surface area contributed by atoms with E-state index in [1.54, 1.807) is 18.3 Å². The maximum absolute atomic E-state index is 11.7. The van der Waals surface area contributed by atoms with Crippen LogP contribution in [0.4, 0.5) is 5.69 Å². The summed E-state index contributed by atoms with van der Waals surface area (Å²) >= 11 is 3.34. The number of rotatable bonds is 8. The van der Waals surface area contributed by atoms with Crippen molar-refractivity contribution in [3.63, 3.8) is 0 Å². The Morgan fingerprint density at radius 3 is 2.62 bits per heavy atom. The van der Waals surface area contributed by atoms with E-state index in [4.69, 9.17) is 10.00 Å². The number of nitrogens with zero attached hydrogens (tertiary/aromatic N) is 3. The van der Waals surface area contributed by atoms with Crippen LogP contribution in [0.15, 0.2) is 58.1 Å². The molecule has 2 rings (SSSR count). The molecule has 0 spiro atoms. The molecule has 0 aliphatic carbocycles. The molecular weight excluding hydrogens is 396 g/mol. The van der Waals surface area contributed by atoms with Crippen molar-refractivity contribution < 1.29 is 9.53 Å². The molecule has 134 valence electrons. The summed E-state index contributed by atoms with van der Waals surface area (Å²) in [7, 11) is 1.94. The Kier molecular flexibility index (Phi) is 7.65. The third-order valence-electron chi connectivity index (χ3n) is 3.48. The maximum atomic E-state index is 11.7. The minimum atomic E-state index is -0.336. The van der Waals surface area contributed by atoms with Crippen LogP contribution in [-0.2, 0) is 4.79 Å². The van der Waals surface area contributed by atoms with Crippen LogP contribution >= 0.6 is 15.9 Å². The Morgan fingerprint density at radius 2 is 1.96 bits per heavy atom. The summed E-state index contributed by atoms with van der Waals surface area (Å²) in [5.74, 6) is 0.278. The van der Waals surface area contributed by atoms with E-state index in [1.165, 1.54) is 0 Å². The summed E-state index contributed by atoms with van der Waals surface area (Å²) in [4.78, 5) is 13.7. The molecule has 0 bridgehead atoms. The van der Waals surface area contributed by atoms with E-state index in [2.05, 4.69) is 32.5 Å². The summed E-state index contributed by atoms with van der Waals surface area (Å²) in [5.41, 5.74) is 4.30. The first-order valence-corrected chi connectivity index (χ1v) is 8.76. The highest BCUT2D eigenvalue weighted by Gasteiger charge is 2.02. The molecule has 0 saturated carbocycles. The van der Waals surface area contributed by atoms with Crippen molar-refractivity contribution in [2.24, 2.45) is 5.10 Å². The highest BCUT2D eigenvalue weighted by Crippen LogP contribution is 2.16. The number of nitriles is 1. The van der Waals surface area contributed by atoms with E-state index < -0.39 is 0 Å². The first-order chi connectivity index (χ1) is 12.6. The Hall–Kier alpha value is -2.85. The minimum absolute atomic E-state index is 0.110. The zero-order valence-corrected chi connectivity index (χ0v) is 15.9. The van der Waals surface area contributed by atoms with Gasteiger partial charge in [-0.25, -0.2) is 5.43 Å². The zero-order chi connectivity index (χ0) is 18.8. The molecule has 0 aliphatic heterocycles. The SMILES string of the molecule is CN(CCC#N)c1ccc(/C=N\NC(=O)COc2ccc(Br)cc2)cc1. The number of hydrazone groups is 1. The number of amides is 1. The molecule has 0 unspecified atom stereocenters. The molecular formula is C19H19BrN4O2. The molecule has 7 heteroatoms. The molecule has 0 heterocycles. The van der Waals surface area contributed by atoms with Crippen LogP contribution in [0.5, 0.6) is 5.75 Å². The normalized spacial score (nSPS) is 10.3. The van der Waals surface area contributed by atoms with E-state index in [0.29, 0.717) is 18.7 Å². The molecule has 1 amide bonds. The highest BCUT2D eigenvalue weighted by molar-refractivity contribution is 9.10. The molecule has 0 saturated heterocycles. The fraction of sp³-hybridized carbons (Fsp3) is 0.211. The molecule has 0 atom stereocenters. The van der Waals surface area contributed by atoms with E-state index >= 15 is 0 Å². The largest absolute Gasteiger partial charge is 0.484 e. The van der Waals surface area contributed by atoms with Crippen molar-refractivity contribution in [2.45, 2.75) is 6.42 Å². The van der Waals surface area contributed by atoms with Crippen molar-refractivity contribution >= 4 is 33.7 Å². The van der Waals surface area contributed by atoms with Gasteiger partial charge < -0.3 is 9.64 Å². The molecule has 0 radical (unpaired) electrons. The highest BCUT2D eigenvalue weighted by atomic mass is 79.9. The quantitative estimate of drug-likeness (QED) is 0.530. The van der Waals surface area contributed by atoms with Gasteiger partial charge in [-0.15, -0.1) is 0 Å². The third kappa shape index (κ3) is 6.57. The summed E-state index contributed by atoms with van der Waals surface area (Å²) in [6, 6.07) is 17.0. The maximum Gasteiger partial charge on any atom is 0.277 e. The second-order valence-electron chi connectivity index (χ2n) is 5.46. The zero-order valence-electron chi connectivity index (χ0n) is 14.4. The summed E-state index contributed by atoms with van der Waals surface area (Å²) in [6.07, 6.45) is 2.05. The van der Waals surface area contributed by atoms with E-state index in [-0.39, 0.29) is 12.5 Å². The number of carbonyl (C=O) groups excluding carboxylic acids is 1. The van der Waals surface area contributed by atoms with Crippen LogP contribution in [0.25, 0.3) is 0 Å². The van der Waals surface area contributed by atoms with E-state index in [0.717, 1.165) is 15.7 Å². The smallest absolute Gasteiger partial charge is 0.277 e. The van der Waals surface area contributed by atoms with E-state index in [1.807, 2.05) is 48.3 Å². The number of halogens is 1. The van der Waals surface area contributed by atoms with E-state index in [9.17, 15) is 4.79 Å². The van der Waals surface area contributed by atoms with Crippen molar-refractivity contribution in [1.29, 1.82) is 5.26 Å². The van der Waals surface area contributed by atoms with Crippen LogP contribution < -0.4 is 15.1 Å². The number of anilines is 1. The molecule has 0 aromatic heterocycles. The average molecular weight is 415 g/mol. The van der Waals surface area contributed by atoms with Crippen molar-refractivity contribution in [1.82, 2.24) is 5.43 Å². The van der Waals surface area contributed by atoms with Gasteiger partial charge in [0.05, 0.1) is 18.7 Å². The van der Waals surface area contributed by atoms with Crippen LogP contribution in [0.3, 0.4) is 0 Å². The number of ether oxygens (including phenoxy) is 1. The van der Waals surface area contributed by atoms with Gasteiger partial charge in [-0.05, 0) is 42.0 Å². The fourth-order valence-electron chi connectivity index (χ4n) is 2.05. The predicted molar refractivity (Wildman–Crippen MR) is 105 cm³/mol. The van der Waals surface area contributed by atoms with Crippen molar-refractivity contribution in [3.8, 4) is 11.8 Å². The van der Waals surface area contributed by atoms with Gasteiger partial charge in [-0.3, -0.25) is 4.79 Å². The lowest BCUT2D eigenvalue weighted by atomic mass is 10.2. The van der Waals surface area contributed by atoms with Crippen LogP contribution in [0.2, 0.25) is 0 Å². The first kappa shape index (κ1) is 19.5. The monoisotopic (exact) mass is 414 g/mol. The Morgan fingerprint density at radius 1 is 1.27 bits per heavy atom. The molecule has 1 N–H and O–H groups in total. The van der Waals surface area contributed by atoms with Crippen LogP contribution in [0, 0.1) is 11.3 Å². The van der Waals surface area contributed by atoms with Gasteiger partial charge >= 0.3 is 0 Å². The number of nitrogens with one attached hydrogen (secondary N) is 1. The van der Waals surface area contributed by atoms with Gasteiger partial charge in [0.2, 0.25) is 0 Å². The molecule has 0 aliphatic rings. The first-order valence-electron chi connectivity index (χ1n) is 7.97. The average Bonchev–Trinajstić information content (AvgIpc) is 2.66. The Balaban J connectivity index is 1.77. The number of carbonyl (C=O) groups is 1. The Bertz CT molecular complexity index is 783. The summed E-state index contributed by atoms with van der Waals surface area (Å²) in [6.45, 7) is 0.569. The van der Waals surface area contributed by atoms with Crippen LogP contribution in [-0.4, -0.2) is 32.3 Å². The number of hydrogen-bond acceptors (Lipinski definition) is 5. The standard InChI is InChI=1S/C19H19BrN4O2/c1-24(12-2-11-21)17-7-3-15(4-8-17)13-22-23-19(25)14-26-18-9-5-16(20)6-10-18/h3-10,13H,2,12,14H2,1H3,(H,23,25)/b22-13-. The van der Waals surface area contributed by atoms with Gasteiger partial charge in [0.1, 0.15) is 5.75 Å². The molecule has 2 aromatic carbocycles. The van der Waals surface area contributed by atoms with Crippen molar-refractivity contribution in [2.75, 3.05) is 25.1 Å². The molecule has 26 heavy (non-hydrogen) atoms. The second-order valence-corrected chi connectivity index (χ2v) is 6.37. The fourth-order valence-corrected chi connectivity index (χ4v) is 2.32. The second kappa shape index (κ2) is 10.2. The minimum Gasteiger partial charge on any atom is -0.484 e. The number of hydrogen-bond donors (Lipinski definition) is 1. The Labute approximate surface area is 161 Å². The summed E-state index contributed by atoms with van der Waals surface area (Å²) in [5, 5.41) is 12.5. The lowest BCUT2D eigenvalue weighted by Gasteiger charge is -2.17. The predicted octanol–water partition coefficient (Wildman–Crippen LogP) is 3.33.